The molecule has 0 atom stereocenters. The first-order chi connectivity index (χ1) is 11.3. The highest BCUT2D eigenvalue weighted by Crippen LogP contribution is 2.27. The van der Waals surface area contributed by atoms with Crippen molar-refractivity contribution < 1.29 is 18.1 Å². The lowest BCUT2D eigenvalue weighted by Gasteiger charge is -2.26. The van der Waals surface area contributed by atoms with Crippen molar-refractivity contribution in [1.29, 1.82) is 0 Å². The SMILES string of the molecule is NS(=O)(=O)c1ccc(NCCC(=O)N2CCSCC2)c([N+](=O)[O-])c1. The third-order valence-electron chi connectivity index (χ3n) is 3.51. The van der Waals surface area contributed by atoms with E-state index in [1.165, 1.54) is 12.1 Å². The summed E-state index contributed by atoms with van der Waals surface area (Å²) in [6.07, 6.45) is 0.207. The molecule has 0 unspecified atom stereocenters. The topological polar surface area (TPSA) is 136 Å². The Balaban J connectivity index is 2.01. The number of carbonyl (C=O) groups excluding carboxylic acids is 1. The molecule has 3 N–H and O–H groups in total. The summed E-state index contributed by atoms with van der Waals surface area (Å²) >= 11 is 1.80. The summed E-state index contributed by atoms with van der Waals surface area (Å²) in [5.74, 6) is 1.82. The number of nitrogens with zero attached hydrogens (tertiary/aromatic N) is 2. The number of carbonyl (C=O) groups is 1. The quantitative estimate of drug-likeness (QED) is 0.550. The van der Waals surface area contributed by atoms with Crippen LogP contribution < -0.4 is 10.5 Å². The van der Waals surface area contributed by atoms with Crippen molar-refractivity contribution >= 4 is 39.1 Å². The maximum absolute atomic E-state index is 12.0. The number of nitrogens with two attached hydrogens (primary N) is 1. The minimum absolute atomic E-state index is 0.00777. The summed E-state index contributed by atoms with van der Waals surface area (Å²) in [6, 6.07) is 3.37. The van der Waals surface area contributed by atoms with E-state index in [2.05, 4.69) is 5.32 Å². The fourth-order valence-corrected chi connectivity index (χ4v) is 3.70. The van der Waals surface area contributed by atoms with E-state index in [9.17, 15) is 23.3 Å². The number of sulfonamides is 1. The molecule has 11 heteroatoms. The molecule has 0 aromatic heterocycles. The second-order valence-corrected chi connectivity index (χ2v) is 7.94. The number of hydrogen-bond acceptors (Lipinski definition) is 7. The Morgan fingerprint density at radius 1 is 1.38 bits per heavy atom. The van der Waals surface area contributed by atoms with Crippen LogP contribution in [0, 0.1) is 10.1 Å². The summed E-state index contributed by atoms with van der Waals surface area (Å²) in [5.41, 5.74) is -0.252. The first kappa shape index (κ1) is 18.5. The van der Waals surface area contributed by atoms with Gasteiger partial charge < -0.3 is 10.2 Å². The number of nitrogens with one attached hydrogen (secondary N) is 1. The third kappa shape index (κ3) is 4.82. The molecule has 1 aliphatic heterocycles. The molecule has 1 amide bonds. The van der Waals surface area contributed by atoms with Gasteiger partial charge in [0.05, 0.1) is 9.82 Å². The van der Waals surface area contributed by atoms with Gasteiger partial charge in [-0.1, -0.05) is 0 Å². The highest BCUT2D eigenvalue weighted by Gasteiger charge is 2.20. The van der Waals surface area contributed by atoms with Gasteiger partial charge in [0.25, 0.3) is 5.69 Å². The van der Waals surface area contributed by atoms with Crippen LogP contribution in [0.5, 0.6) is 0 Å². The first-order valence-electron chi connectivity index (χ1n) is 7.19. The second kappa shape index (κ2) is 7.81. The van der Waals surface area contributed by atoms with Crippen LogP contribution >= 0.6 is 11.8 Å². The summed E-state index contributed by atoms with van der Waals surface area (Å²) < 4.78 is 22.6. The van der Waals surface area contributed by atoms with Crippen molar-refractivity contribution in [2.75, 3.05) is 36.5 Å². The van der Waals surface area contributed by atoms with E-state index in [-0.39, 0.29) is 29.5 Å². The zero-order valence-corrected chi connectivity index (χ0v) is 14.4. The third-order valence-corrected chi connectivity index (χ3v) is 5.37. The molecule has 0 spiro atoms. The molecule has 1 saturated heterocycles. The molecule has 0 radical (unpaired) electrons. The van der Waals surface area contributed by atoms with Gasteiger partial charge in [-0.15, -0.1) is 0 Å². The molecular formula is C13H18N4O5S2. The monoisotopic (exact) mass is 374 g/mol. The second-order valence-electron chi connectivity index (χ2n) is 5.15. The first-order valence-corrected chi connectivity index (χ1v) is 9.90. The van der Waals surface area contributed by atoms with Gasteiger partial charge in [0, 0.05) is 43.6 Å². The number of nitro groups is 1. The number of thioether (sulfide) groups is 1. The van der Waals surface area contributed by atoms with Crippen molar-refractivity contribution in [3.63, 3.8) is 0 Å². The van der Waals surface area contributed by atoms with Crippen LogP contribution in [0.4, 0.5) is 11.4 Å². The van der Waals surface area contributed by atoms with E-state index in [1.807, 2.05) is 0 Å². The summed E-state index contributed by atoms with van der Waals surface area (Å²) in [6.45, 7) is 1.65. The number of amides is 1. The Labute approximate surface area is 143 Å². The molecule has 1 aromatic rings. The van der Waals surface area contributed by atoms with Gasteiger partial charge in [-0.2, -0.15) is 11.8 Å². The summed E-state index contributed by atoms with van der Waals surface area (Å²) in [4.78, 5) is 23.9. The normalized spacial score (nSPS) is 15.1. The molecule has 9 nitrogen and oxygen atoms in total. The number of anilines is 1. The summed E-state index contributed by atoms with van der Waals surface area (Å²) in [5, 5.41) is 18.9. The van der Waals surface area contributed by atoms with E-state index >= 15 is 0 Å². The van der Waals surface area contributed by atoms with E-state index < -0.39 is 20.6 Å². The lowest BCUT2D eigenvalue weighted by Crippen LogP contribution is -2.38. The van der Waals surface area contributed by atoms with Crippen LogP contribution in [0.3, 0.4) is 0 Å². The highest BCUT2D eigenvalue weighted by molar-refractivity contribution is 7.99. The molecule has 24 heavy (non-hydrogen) atoms. The highest BCUT2D eigenvalue weighted by atomic mass is 32.2. The maximum Gasteiger partial charge on any atom is 0.293 e. The van der Waals surface area contributed by atoms with Crippen molar-refractivity contribution in [2.45, 2.75) is 11.3 Å². The smallest absolute Gasteiger partial charge is 0.293 e. The average molecular weight is 374 g/mol. The average Bonchev–Trinajstić information content (AvgIpc) is 2.54. The fourth-order valence-electron chi connectivity index (χ4n) is 2.26. The Kier molecular flexibility index (Phi) is 6.02. The van der Waals surface area contributed by atoms with Gasteiger partial charge >= 0.3 is 0 Å². The zero-order chi connectivity index (χ0) is 17.7. The largest absolute Gasteiger partial charge is 0.379 e. The predicted octanol–water partition coefficient (Wildman–Crippen LogP) is 0.620. The van der Waals surface area contributed by atoms with Crippen LogP contribution in [0.2, 0.25) is 0 Å². The lowest BCUT2D eigenvalue weighted by molar-refractivity contribution is -0.384. The van der Waals surface area contributed by atoms with Crippen LogP contribution in [0.25, 0.3) is 0 Å². The number of benzene rings is 1. The van der Waals surface area contributed by atoms with Crippen molar-refractivity contribution in [2.24, 2.45) is 5.14 Å². The van der Waals surface area contributed by atoms with Crippen LogP contribution in [-0.2, 0) is 14.8 Å². The van der Waals surface area contributed by atoms with Crippen molar-refractivity contribution in [3.05, 3.63) is 28.3 Å². The van der Waals surface area contributed by atoms with E-state index in [1.54, 1.807) is 16.7 Å². The zero-order valence-electron chi connectivity index (χ0n) is 12.8. The van der Waals surface area contributed by atoms with Gasteiger partial charge in [0.1, 0.15) is 5.69 Å². The van der Waals surface area contributed by atoms with Crippen molar-refractivity contribution in [1.82, 2.24) is 4.90 Å². The molecule has 0 bridgehead atoms. The molecule has 1 aromatic carbocycles. The van der Waals surface area contributed by atoms with Crippen molar-refractivity contribution in [3.8, 4) is 0 Å². The number of rotatable bonds is 6. The number of hydrogen-bond donors (Lipinski definition) is 2. The standard InChI is InChI=1S/C13H18N4O5S2/c14-24(21,22)10-1-2-11(12(9-10)17(19)20)15-4-3-13(18)16-5-7-23-8-6-16/h1-2,9,15H,3-8H2,(H2,14,21,22). The van der Waals surface area contributed by atoms with E-state index in [0.29, 0.717) is 13.1 Å². The number of primary sulfonamides is 1. The van der Waals surface area contributed by atoms with Gasteiger partial charge in [-0.25, -0.2) is 13.6 Å². The minimum Gasteiger partial charge on any atom is -0.379 e. The van der Waals surface area contributed by atoms with E-state index in [0.717, 1.165) is 17.6 Å². The van der Waals surface area contributed by atoms with Gasteiger partial charge in [-0.05, 0) is 12.1 Å². The van der Waals surface area contributed by atoms with Gasteiger partial charge in [0.15, 0.2) is 0 Å². The minimum atomic E-state index is -4.02. The Morgan fingerprint density at radius 2 is 2.04 bits per heavy atom. The molecule has 0 aliphatic carbocycles. The lowest BCUT2D eigenvalue weighted by atomic mass is 10.2. The van der Waals surface area contributed by atoms with Crippen LogP contribution in [0.15, 0.2) is 23.1 Å². The van der Waals surface area contributed by atoms with Gasteiger partial charge in [0.2, 0.25) is 15.9 Å². The van der Waals surface area contributed by atoms with Crippen LogP contribution in [-0.4, -0.2) is 55.3 Å². The molecule has 0 saturated carbocycles. The van der Waals surface area contributed by atoms with Gasteiger partial charge in [-0.3, -0.25) is 14.9 Å². The molecular weight excluding hydrogens is 356 g/mol. The molecule has 2 rings (SSSR count). The fraction of sp³-hybridized carbons (Fsp3) is 0.462. The summed E-state index contributed by atoms with van der Waals surface area (Å²) in [7, 11) is -4.02. The number of nitro benzene ring substituents is 1. The molecule has 1 fully saturated rings. The molecule has 1 aliphatic rings. The Hall–Kier alpha value is -1.85. The predicted molar refractivity (Wildman–Crippen MR) is 91.5 cm³/mol. The molecule has 132 valence electrons. The van der Waals surface area contributed by atoms with Crippen LogP contribution in [0.1, 0.15) is 6.42 Å². The Morgan fingerprint density at radius 3 is 2.62 bits per heavy atom. The molecule has 1 heterocycles. The van der Waals surface area contributed by atoms with E-state index in [4.69, 9.17) is 5.14 Å². The Bertz CT molecular complexity index is 732. The maximum atomic E-state index is 12.0.